The smallest absolute Gasteiger partial charge is 0.369 e. The lowest BCUT2D eigenvalue weighted by Gasteiger charge is -2.36. The zero-order chi connectivity index (χ0) is 35.5. The first-order valence-electron chi connectivity index (χ1n) is 16.2. The molecule has 0 aromatic heterocycles. The first-order valence-corrected chi connectivity index (χ1v) is 18.1. The van der Waals surface area contributed by atoms with Crippen LogP contribution in [-0.4, -0.2) is 64.7 Å². The molecule has 50 heavy (non-hydrogen) atoms. The third-order valence-corrected chi connectivity index (χ3v) is 10.5. The first kappa shape index (κ1) is 35.3. The number of rotatable bonds is 10. The molecule has 1 amide bonds. The molecule has 1 aliphatic heterocycles. The number of piperazine rings is 1. The summed E-state index contributed by atoms with van der Waals surface area (Å²) in [6.45, 7) is 4.54. The van der Waals surface area contributed by atoms with Gasteiger partial charge in [-0.05, 0) is 72.1 Å². The molecule has 0 bridgehead atoms. The van der Waals surface area contributed by atoms with Crippen molar-refractivity contribution < 1.29 is 26.4 Å². The molecule has 260 valence electrons. The van der Waals surface area contributed by atoms with Gasteiger partial charge in [0, 0.05) is 72.0 Å². The second-order valence-corrected chi connectivity index (χ2v) is 14.3. The minimum absolute atomic E-state index is 0.0671. The highest BCUT2D eigenvalue weighted by molar-refractivity contribution is 7.90. The van der Waals surface area contributed by atoms with E-state index in [1.807, 2.05) is 30.3 Å². The Morgan fingerprint density at radius 1 is 0.820 bits per heavy atom. The van der Waals surface area contributed by atoms with Crippen molar-refractivity contribution in [3.8, 4) is 11.1 Å². The molecule has 0 spiro atoms. The normalized spacial score (nSPS) is 14.1. The molecular formula is C38H36ClF3N4O3S. The number of sulfonamides is 1. The Labute approximate surface area is 294 Å². The van der Waals surface area contributed by atoms with Crippen molar-refractivity contribution >= 4 is 49.7 Å². The van der Waals surface area contributed by atoms with Crippen LogP contribution in [0.2, 0.25) is 5.02 Å². The van der Waals surface area contributed by atoms with E-state index in [9.17, 15) is 26.4 Å². The van der Waals surface area contributed by atoms with Gasteiger partial charge in [-0.3, -0.25) is 9.69 Å². The van der Waals surface area contributed by atoms with E-state index in [2.05, 4.69) is 32.7 Å². The minimum atomic E-state index is -4.44. The number of nitrogens with zero attached hydrogens (tertiary/aromatic N) is 3. The van der Waals surface area contributed by atoms with Crippen LogP contribution in [0.5, 0.6) is 0 Å². The summed E-state index contributed by atoms with van der Waals surface area (Å²) in [5.41, 5.74) is 4.88. The molecule has 1 saturated heterocycles. The summed E-state index contributed by atoms with van der Waals surface area (Å²) in [6.07, 6.45) is -4.44. The standard InChI is InChI=1S/C38H36ClF3N4O3S/c1-2-45(26-38(40,41)42)35-11-5-10-34-33(35)9-6-12-36(34)50(48,49)43-37(47)28-15-19-31(20-16-28)46-23-21-44(22-24-46)25-29-7-3-4-8-32(29)27-13-17-30(39)18-14-27/h3-20H,2,21-26H2,1H3,(H,43,47). The van der Waals surface area contributed by atoms with Gasteiger partial charge in [0.1, 0.15) is 6.54 Å². The Morgan fingerprint density at radius 2 is 1.48 bits per heavy atom. The van der Waals surface area contributed by atoms with Gasteiger partial charge in [-0.1, -0.05) is 72.3 Å². The third kappa shape index (κ3) is 8.07. The predicted molar refractivity (Wildman–Crippen MR) is 193 cm³/mol. The molecule has 1 heterocycles. The van der Waals surface area contributed by atoms with Gasteiger partial charge in [0.05, 0.1) is 4.90 Å². The van der Waals surface area contributed by atoms with Gasteiger partial charge in [0.25, 0.3) is 15.9 Å². The number of fused-ring (bicyclic) bond motifs is 1. The molecule has 5 aromatic rings. The maximum Gasteiger partial charge on any atom is 0.405 e. The topological polar surface area (TPSA) is 73.0 Å². The quantitative estimate of drug-likeness (QED) is 0.158. The number of benzene rings is 5. The summed E-state index contributed by atoms with van der Waals surface area (Å²) in [5.74, 6) is -0.805. The highest BCUT2D eigenvalue weighted by Crippen LogP contribution is 2.33. The van der Waals surface area contributed by atoms with Gasteiger partial charge in [-0.2, -0.15) is 13.2 Å². The molecular weight excluding hydrogens is 685 g/mol. The highest BCUT2D eigenvalue weighted by Gasteiger charge is 2.31. The summed E-state index contributed by atoms with van der Waals surface area (Å²) in [4.78, 5) is 18.7. The van der Waals surface area contributed by atoms with E-state index in [0.717, 1.165) is 48.9 Å². The number of carbonyl (C=O) groups is 1. The fraction of sp³-hybridized carbons (Fsp3) is 0.237. The number of hydrogen-bond acceptors (Lipinski definition) is 6. The number of amides is 1. The Hall–Kier alpha value is -4.58. The summed E-state index contributed by atoms with van der Waals surface area (Å²) in [5, 5.41) is 1.26. The highest BCUT2D eigenvalue weighted by atomic mass is 35.5. The number of nitrogens with one attached hydrogen (secondary N) is 1. The van der Waals surface area contributed by atoms with Crippen molar-refractivity contribution in [3.63, 3.8) is 0 Å². The van der Waals surface area contributed by atoms with Gasteiger partial charge in [-0.15, -0.1) is 0 Å². The van der Waals surface area contributed by atoms with Crippen LogP contribution in [-0.2, 0) is 16.6 Å². The lowest BCUT2D eigenvalue weighted by Crippen LogP contribution is -2.46. The van der Waals surface area contributed by atoms with E-state index in [-0.39, 0.29) is 28.1 Å². The molecule has 6 rings (SSSR count). The Kier molecular flexibility index (Phi) is 10.4. The minimum Gasteiger partial charge on any atom is -0.369 e. The van der Waals surface area contributed by atoms with E-state index >= 15 is 0 Å². The molecule has 7 nitrogen and oxygen atoms in total. The Balaban J connectivity index is 1.10. The summed E-state index contributed by atoms with van der Waals surface area (Å²) >= 11 is 6.10. The summed E-state index contributed by atoms with van der Waals surface area (Å²) in [6, 6.07) is 31.9. The van der Waals surface area contributed by atoms with E-state index in [0.29, 0.717) is 10.4 Å². The molecule has 12 heteroatoms. The monoisotopic (exact) mass is 720 g/mol. The van der Waals surface area contributed by atoms with Crippen LogP contribution in [0.25, 0.3) is 21.9 Å². The van der Waals surface area contributed by atoms with Crippen LogP contribution in [0.15, 0.2) is 114 Å². The molecule has 0 unspecified atom stereocenters. The fourth-order valence-electron chi connectivity index (χ4n) is 6.39. The van der Waals surface area contributed by atoms with Gasteiger partial charge in [-0.25, -0.2) is 13.1 Å². The molecule has 5 aromatic carbocycles. The fourth-order valence-corrected chi connectivity index (χ4v) is 7.72. The molecule has 0 atom stereocenters. The zero-order valence-corrected chi connectivity index (χ0v) is 28.9. The lowest BCUT2D eigenvalue weighted by molar-refractivity contribution is -0.119. The zero-order valence-electron chi connectivity index (χ0n) is 27.3. The Bertz CT molecular complexity index is 2080. The van der Waals surface area contributed by atoms with Crippen LogP contribution in [0, 0.1) is 0 Å². The SMILES string of the molecule is CCN(CC(F)(F)F)c1cccc2c(S(=O)(=O)NC(=O)c3ccc(N4CCN(Cc5ccccc5-c5ccc(Cl)cc5)CC4)cc3)cccc12. The van der Waals surface area contributed by atoms with Crippen LogP contribution < -0.4 is 14.5 Å². The van der Waals surface area contributed by atoms with Crippen molar-refractivity contribution in [2.45, 2.75) is 24.5 Å². The van der Waals surface area contributed by atoms with E-state index in [4.69, 9.17) is 11.6 Å². The maximum atomic E-state index is 13.5. The van der Waals surface area contributed by atoms with Crippen LogP contribution in [0.4, 0.5) is 24.5 Å². The summed E-state index contributed by atoms with van der Waals surface area (Å²) in [7, 11) is -4.37. The van der Waals surface area contributed by atoms with E-state index in [1.54, 1.807) is 37.3 Å². The van der Waals surface area contributed by atoms with Crippen molar-refractivity contribution in [1.29, 1.82) is 0 Å². The van der Waals surface area contributed by atoms with E-state index < -0.39 is 28.7 Å². The van der Waals surface area contributed by atoms with Crippen molar-refractivity contribution in [2.24, 2.45) is 0 Å². The summed E-state index contributed by atoms with van der Waals surface area (Å²) < 4.78 is 68.8. The molecule has 0 saturated carbocycles. The second-order valence-electron chi connectivity index (χ2n) is 12.2. The van der Waals surface area contributed by atoms with Gasteiger partial charge < -0.3 is 9.80 Å². The number of halogens is 4. The average Bonchev–Trinajstić information content (AvgIpc) is 3.10. The van der Waals surface area contributed by atoms with Crippen molar-refractivity contribution in [1.82, 2.24) is 9.62 Å². The van der Waals surface area contributed by atoms with E-state index in [1.165, 1.54) is 41.5 Å². The first-order chi connectivity index (χ1) is 23.9. The predicted octanol–water partition coefficient (Wildman–Crippen LogP) is 7.99. The number of hydrogen-bond donors (Lipinski definition) is 1. The largest absolute Gasteiger partial charge is 0.405 e. The molecule has 0 aliphatic carbocycles. The molecule has 0 radical (unpaired) electrons. The second kappa shape index (κ2) is 14.7. The Morgan fingerprint density at radius 3 is 2.16 bits per heavy atom. The van der Waals surface area contributed by atoms with Crippen molar-refractivity contribution in [2.75, 3.05) is 49.1 Å². The third-order valence-electron chi connectivity index (χ3n) is 8.90. The number of alkyl halides is 3. The van der Waals surface area contributed by atoms with Gasteiger partial charge in [0.15, 0.2) is 0 Å². The van der Waals surface area contributed by atoms with Gasteiger partial charge >= 0.3 is 6.18 Å². The number of carbonyl (C=O) groups excluding carboxylic acids is 1. The van der Waals surface area contributed by atoms with Crippen molar-refractivity contribution in [3.05, 3.63) is 125 Å². The van der Waals surface area contributed by atoms with Crippen LogP contribution >= 0.6 is 11.6 Å². The lowest BCUT2D eigenvalue weighted by atomic mass is 9.99. The molecule has 1 aliphatic rings. The average molecular weight is 721 g/mol. The van der Waals surface area contributed by atoms with Crippen LogP contribution in [0.3, 0.4) is 0 Å². The molecule has 1 N–H and O–H groups in total. The van der Waals surface area contributed by atoms with Gasteiger partial charge in [0.2, 0.25) is 0 Å². The maximum absolute atomic E-state index is 13.5. The molecule has 1 fully saturated rings. The van der Waals surface area contributed by atoms with Crippen LogP contribution in [0.1, 0.15) is 22.8 Å². The number of anilines is 2.